The van der Waals surface area contributed by atoms with Crippen LogP contribution in [0.25, 0.3) is 11.1 Å². The summed E-state index contributed by atoms with van der Waals surface area (Å²) in [6.07, 6.45) is 16.1. The van der Waals surface area contributed by atoms with Crippen LogP contribution >= 0.6 is 11.6 Å². The van der Waals surface area contributed by atoms with E-state index in [-0.39, 0.29) is 11.7 Å². The highest BCUT2D eigenvalue weighted by Gasteiger charge is 2.19. The summed E-state index contributed by atoms with van der Waals surface area (Å²) in [5.74, 6) is 3.79. The van der Waals surface area contributed by atoms with Crippen molar-refractivity contribution >= 4 is 23.3 Å². The molecule has 1 amide bonds. The summed E-state index contributed by atoms with van der Waals surface area (Å²) in [4.78, 5) is 21.6. The fraction of sp³-hybridized carbons (Fsp3) is 0.576. The number of carbonyl (C=O) groups is 1. The van der Waals surface area contributed by atoms with Gasteiger partial charge in [0, 0.05) is 23.2 Å². The molecular formula is C33H46ClN5O2. The Hall–Kier alpha value is -2.93. The van der Waals surface area contributed by atoms with Crippen molar-refractivity contribution in [2.45, 2.75) is 97.8 Å². The summed E-state index contributed by atoms with van der Waals surface area (Å²) in [6, 6.07) is 9.42. The minimum Gasteiger partial charge on any atom is -0.494 e. The van der Waals surface area contributed by atoms with Gasteiger partial charge in [0.1, 0.15) is 17.4 Å². The lowest BCUT2D eigenvalue weighted by atomic mass is 9.87. The highest BCUT2D eigenvalue weighted by atomic mass is 35.5. The van der Waals surface area contributed by atoms with Gasteiger partial charge in [-0.1, -0.05) is 96.6 Å². The second-order valence-corrected chi connectivity index (χ2v) is 12.1. The van der Waals surface area contributed by atoms with Crippen LogP contribution in [0.4, 0.5) is 5.82 Å². The zero-order valence-electron chi connectivity index (χ0n) is 24.9. The van der Waals surface area contributed by atoms with Crippen molar-refractivity contribution in [2.75, 3.05) is 11.9 Å². The molecule has 2 aromatic heterocycles. The number of hydrogen-bond donors (Lipinski definition) is 2. The van der Waals surface area contributed by atoms with Crippen molar-refractivity contribution in [1.29, 1.82) is 0 Å². The number of benzene rings is 1. The van der Waals surface area contributed by atoms with Crippen molar-refractivity contribution < 1.29 is 9.53 Å². The molecule has 7 nitrogen and oxygen atoms in total. The first-order valence-corrected chi connectivity index (χ1v) is 15.9. The molecular weight excluding hydrogens is 534 g/mol. The molecule has 2 atom stereocenters. The molecule has 0 radical (unpaired) electrons. The predicted molar refractivity (Wildman–Crippen MR) is 166 cm³/mol. The van der Waals surface area contributed by atoms with Crippen molar-refractivity contribution in [2.24, 2.45) is 17.8 Å². The highest BCUT2D eigenvalue weighted by molar-refractivity contribution is 6.33. The van der Waals surface area contributed by atoms with Crippen molar-refractivity contribution in [3.8, 4) is 16.9 Å². The van der Waals surface area contributed by atoms with Crippen LogP contribution in [0.2, 0.25) is 5.02 Å². The van der Waals surface area contributed by atoms with Gasteiger partial charge in [-0.2, -0.15) is 0 Å². The van der Waals surface area contributed by atoms with E-state index in [1.54, 1.807) is 6.20 Å². The zero-order chi connectivity index (χ0) is 29.0. The summed E-state index contributed by atoms with van der Waals surface area (Å²) >= 11 is 6.59. The number of aromatic amines is 1. The second-order valence-electron chi connectivity index (χ2n) is 11.7. The maximum absolute atomic E-state index is 12.9. The van der Waals surface area contributed by atoms with Gasteiger partial charge >= 0.3 is 0 Å². The van der Waals surface area contributed by atoms with Gasteiger partial charge in [-0.05, 0) is 60.1 Å². The zero-order valence-corrected chi connectivity index (χ0v) is 25.7. The molecule has 8 heteroatoms. The first kappa shape index (κ1) is 31.0. The molecule has 2 N–H and O–H groups in total. The summed E-state index contributed by atoms with van der Waals surface area (Å²) in [6.45, 7) is 7.55. The second kappa shape index (κ2) is 15.9. The van der Waals surface area contributed by atoms with Crippen molar-refractivity contribution in [1.82, 2.24) is 20.2 Å². The van der Waals surface area contributed by atoms with Gasteiger partial charge in [-0.3, -0.25) is 9.89 Å². The first-order chi connectivity index (χ1) is 19.9. The van der Waals surface area contributed by atoms with Crippen LogP contribution in [0.5, 0.6) is 5.75 Å². The Labute approximate surface area is 250 Å². The third-order valence-corrected chi connectivity index (χ3v) is 8.78. The number of hydrogen-bond acceptors (Lipinski definition) is 5. The number of carbonyl (C=O) groups excluding carboxylic acids is 1. The van der Waals surface area contributed by atoms with Gasteiger partial charge in [-0.15, -0.1) is 5.10 Å². The van der Waals surface area contributed by atoms with E-state index in [0.29, 0.717) is 29.3 Å². The normalized spacial score (nSPS) is 15.4. The molecule has 2 heterocycles. The largest absolute Gasteiger partial charge is 0.494 e. The molecule has 2 unspecified atom stereocenters. The molecule has 222 valence electrons. The van der Waals surface area contributed by atoms with E-state index in [2.05, 4.69) is 46.3 Å². The molecule has 1 aliphatic rings. The fourth-order valence-electron chi connectivity index (χ4n) is 5.72. The number of pyridine rings is 1. The molecule has 0 aliphatic heterocycles. The number of nitrogens with one attached hydrogen (secondary N) is 2. The summed E-state index contributed by atoms with van der Waals surface area (Å²) < 4.78 is 6.18. The summed E-state index contributed by atoms with van der Waals surface area (Å²) in [5.41, 5.74) is 1.67. The van der Waals surface area contributed by atoms with Crippen LogP contribution in [0, 0.1) is 17.8 Å². The van der Waals surface area contributed by atoms with E-state index in [4.69, 9.17) is 16.3 Å². The van der Waals surface area contributed by atoms with Crippen LogP contribution in [0.1, 0.15) is 108 Å². The predicted octanol–water partition coefficient (Wildman–Crippen LogP) is 8.91. The van der Waals surface area contributed by atoms with Crippen LogP contribution in [0.15, 0.2) is 36.5 Å². The number of aromatic nitrogens is 4. The van der Waals surface area contributed by atoms with Crippen molar-refractivity contribution in [3.63, 3.8) is 0 Å². The van der Waals surface area contributed by atoms with Gasteiger partial charge in [0.05, 0.1) is 6.61 Å². The average Bonchev–Trinajstić information content (AvgIpc) is 3.46. The molecule has 1 saturated carbocycles. The number of amides is 1. The molecule has 1 aliphatic carbocycles. The van der Waals surface area contributed by atoms with Gasteiger partial charge in [-0.25, -0.2) is 9.97 Å². The lowest BCUT2D eigenvalue weighted by Crippen LogP contribution is -2.15. The maximum atomic E-state index is 12.9. The van der Waals surface area contributed by atoms with E-state index in [1.165, 1.54) is 64.2 Å². The van der Waals surface area contributed by atoms with E-state index in [9.17, 15) is 4.79 Å². The Balaban J connectivity index is 1.35. The van der Waals surface area contributed by atoms with Gasteiger partial charge in [0.2, 0.25) is 5.82 Å². The van der Waals surface area contributed by atoms with Crippen LogP contribution < -0.4 is 10.1 Å². The Kier molecular flexibility index (Phi) is 12.0. The average molecular weight is 580 g/mol. The molecule has 0 bridgehead atoms. The Morgan fingerprint density at radius 2 is 1.93 bits per heavy atom. The lowest BCUT2D eigenvalue weighted by molar-refractivity contribution is 0.101. The van der Waals surface area contributed by atoms with E-state index in [1.807, 2.05) is 30.3 Å². The van der Waals surface area contributed by atoms with Gasteiger partial charge in [0.25, 0.3) is 5.91 Å². The van der Waals surface area contributed by atoms with E-state index >= 15 is 0 Å². The minimum atomic E-state index is -0.390. The number of nitrogens with zero attached hydrogens (tertiary/aromatic N) is 3. The number of anilines is 1. The Bertz CT molecular complexity index is 1240. The summed E-state index contributed by atoms with van der Waals surface area (Å²) in [5, 5.41) is 10.5. The molecule has 1 aromatic carbocycles. The fourth-order valence-corrected chi connectivity index (χ4v) is 5.94. The number of ether oxygens (including phenoxy) is 1. The van der Waals surface area contributed by atoms with Crippen LogP contribution in [-0.2, 0) is 6.42 Å². The quantitative estimate of drug-likeness (QED) is 0.187. The first-order valence-electron chi connectivity index (χ1n) is 15.6. The number of halogens is 1. The number of H-pyrrole nitrogens is 1. The monoisotopic (exact) mass is 579 g/mol. The third-order valence-electron chi connectivity index (χ3n) is 8.45. The summed E-state index contributed by atoms with van der Waals surface area (Å²) in [7, 11) is 0. The highest BCUT2D eigenvalue weighted by Crippen LogP contribution is 2.33. The molecule has 1 fully saturated rings. The lowest BCUT2D eigenvalue weighted by Gasteiger charge is -2.19. The van der Waals surface area contributed by atoms with E-state index in [0.717, 1.165) is 41.5 Å². The minimum absolute atomic E-state index is 0.127. The van der Waals surface area contributed by atoms with Gasteiger partial charge in [0.15, 0.2) is 0 Å². The van der Waals surface area contributed by atoms with Crippen LogP contribution in [-0.4, -0.2) is 32.7 Å². The van der Waals surface area contributed by atoms with Crippen molar-refractivity contribution in [3.05, 3.63) is 53.2 Å². The van der Waals surface area contributed by atoms with E-state index < -0.39 is 0 Å². The maximum Gasteiger partial charge on any atom is 0.296 e. The third kappa shape index (κ3) is 9.56. The molecule has 41 heavy (non-hydrogen) atoms. The molecule has 4 rings (SSSR count). The topological polar surface area (TPSA) is 92.8 Å². The molecule has 0 saturated heterocycles. The molecule has 3 aromatic rings. The SMILES string of the molecule is CCCC(CCOc1ccc(Cl)c(-c2ccnc(NC(=O)c3n[nH]c(CC4CCCCC4)n3)c2)c1)CCC(C)CC. The number of rotatable bonds is 15. The van der Waals surface area contributed by atoms with Crippen LogP contribution in [0.3, 0.4) is 0 Å². The Morgan fingerprint density at radius 3 is 2.71 bits per heavy atom. The standard InChI is InChI=1S/C33H46ClN5O2/c1-4-9-24(13-12-23(3)5-2)17-19-41-27-14-15-29(34)28(22-27)26-16-18-35-30(21-26)37-33(40)32-36-31(38-39-32)20-25-10-7-6-8-11-25/h14-16,18,21-25H,4-13,17,19-20H2,1-3H3,(H,35,37,40)(H,36,38,39). The smallest absolute Gasteiger partial charge is 0.296 e. The Morgan fingerprint density at radius 1 is 1.10 bits per heavy atom. The molecule has 0 spiro atoms. The van der Waals surface area contributed by atoms with Gasteiger partial charge < -0.3 is 10.1 Å².